The molecule has 6 heteroatoms. The average Bonchev–Trinajstić information content (AvgIpc) is 3.04. The molecule has 0 spiro atoms. The molecular weight excluding hydrogens is 230 g/mol. The SMILES string of the molecule is CCc1cc(C(=O)NCc2cn[nH]c2)n(CC)n1. The zero-order valence-corrected chi connectivity index (χ0v) is 10.6. The maximum absolute atomic E-state index is 12.0. The molecule has 96 valence electrons. The van der Waals surface area contributed by atoms with Gasteiger partial charge in [-0.05, 0) is 19.4 Å². The molecule has 0 unspecified atom stereocenters. The molecule has 0 saturated heterocycles. The van der Waals surface area contributed by atoms with Gasteiger partial charge in [-0.3, -0.25) is 14.6 Å². The van der Waals surface area contributed by atoms with Crippen LogP contribution >= 0.6 is 0 Å². The van der Waals surface area contributed by atoms with E-state index in [0.717, 1.165) is 17.7 Å². The second-order valence-corrected chi connectivity index (χ2v) is 3.98. The molecule has 0 bridgehead atoms. The minimum Gasteiger partial charge on any atom is -0.347 e. The molecule has 0 aliphatic rings. The number of amides is 1. The average molecular weight is 247 g/mol. The molecule has 0 radical (unpaired) electrons. The lowest BCUT2D eigenvalue weighted by atomic mass is 10.3. The summed E-state index contributed by atoms with van der Waals surface area (Å²) in [6.45, 7) is 5.15. The van der Waals surface area contributed by atoms with Crippen molar-refractivity contribution in [3.63, 3.8) is 0 Å². The van der Waals surface area contributed by atoms with E-state index in [9.17, 15) is 4.79 Å². The van der Waals surface area contributed by atoms with Crippen molar-refractivity contribution >= 4 is 5.91 Å². The van der Waals surface area contributed by atoms with Crippen molar-refractivity contribution in [2.24, 2.45) is 0 Å². The highest BCUT2D eigenvalue weighted by atomic mass is 16.2. The third kappa shape index (κ3) is 2.58. The van der Waals surface area contributed by atoms with Crippen LogP contribution in [0.15, 0.2) is 18.5 Å². The van der Waals surface area contributed by atoms with Crippen LogP contribution in [0.4, 0.5) is 0 Å². The number of aromatic amines is 1. The molecule has 6 nitrogen and oxygen atoms in total. The lowest BCUT2D eigenvalue weighted by molar-refractivity contribution is 0.0940. The second kappa shape index (κ2) is 5.48. The molecule has 0 aliphatic heterocycles. The summed E-state index contributed by atoms with van der Waals surface area (Å²) >= 11 is 0. The van der Waals surface area contributed by atoms with Gasteiger partial charge in [-0.1, -0.05) is 6.92 Å². The minimum absolute atomic E-state index is 0.106. The van der Waals surface area contributed by atoms with Crippen LogP contribution in [-0.4, -0.2) is 25.9 Å². The largest absolute Gasteiger partial charge is 0.347 e. The summed E-state index contributed by atoms with van der Waals surface area (Å²) in [6, 6.07) is 1.84. The molecular formula is C12H17N5O. The third-order valence-electron chi connectivity index (χ3n) is 2.73. The van der Waals surface area contributed by atoms with Gasteiger partial charge in [-0.15, -0.1) is 0 Å². The fourth-order valence-corrected chi connectivity index (χ4v) is 1.71. The maximum Gasteiger partial charge on any atom is 0.269 e. The normalized spacial score (nSPS) is 10.6. The first-order valence-electron chi connectivity index (χ1n) is 6.07. The van der Waals surface area contributed by atoms with E-state index in [0.29, 0.717) is 18.8 Å². The van der Waals surface area contributed by atoms with E-state index >= 15 is 0 Å². The van der Waals surface area contributed by atoms with Crippen LogP contribution in [0.3, 0.4) is 0 Å². The van der Waals surface area contributed by atoms with Crippen molar-refractivity contribution in [1.29, 1.82) is 0 Å². The third-order valence-corrected chi connectivity index (χ3v) is 2.73. The zero-order chi connectivity index (χ0) is 13.0. The minimum atomic E-state index is -0.106. The highest BCUT2D eigenvalue weighted by Gasteiger charge is 2.13. The molecule has 2 aromatic heterocycles. The van der Waals surface area contributed by atoms with Crippen LogP contribution in [0.25, 0.3) is 0 Å². The molecule has 0 fully saturated rings. The summed E-state index contributed by atoms with van der Waals surface area (Å²) < 4.78 is 1.73. The predicted molar refractivity (Wildman–Crippen MR) is 67.0 cm³/mol. The van der Waals surface area contributed by atoms with Gasteiger partial charge in [0.15, 0.2) is 0 Å². The standard InChI is InChI=1S/C12H17N5O/c1-3-10-5-11(17(4-2)16-10)12(18)13-6-9-7-14-15-8-9/h5,7-8H,3-4,6H2,1-2H3,(H,13,18)(H,14,15). The first-order valence-corrected chi connectivity index (χ1v) is 6.07. The molecule has 0 aromatic carbocycles. The van der Waals surface area contributed by atoms with Crippen LogP contribution in [0.1, 0.15) is 35.6 Å². The Morgan fingerprint density at radius 2 is 2.33 bits per heavy atom. The lowest BCUT2D eigenvalue weighted by Crippen LogP contribution is -2.25. The first-order chi connectivity index (χ1) is 8.74. The van der Waals surface area contributed by atoms with Crippen LogP contribution < -0.4 is 5.32 Å². The second-order valence-electron chi connectivity index (χ2n) is 3.98. The Hall–Kier alpha value is -2.11. The molecule has 18 heavy (non-hydrogen) atoms. The summed E-state index contributed by atoms with van der Waals surface area (Å²) in [5.74, 6) is -0.106. The fourth-order valence-electron chi connectivity index (χ4n) is 1.71. The Kier molecular flexibility index (Phi) is 3.76. The summed E-state index contributed by atoms with van der Waals surface area (Å²) in [5, 5.41) is 13.7. The van der Waals surface area contributed by atoms with Gasteiger partial charge in [0.2, 0.25) is 0 Å². The fraction of sp³-hybridized carbons (Fsp3) is 0.417. The van der Waals surface area contributed by atoms with E-state index in [2.05, 4.69) is 20.6 Å². The van der Waals surface area contributed by atoms with Gasteiger partial charge in [0.25, 0.3) is 5.91 Å². The van der Waals surface area contributed by atoms with Gasteiger partial charge >= 0.3 is 0 Å². The monoisotopic (exact) mass is 247 g/mol. The number of hydrogen-bond acceptors (Lipinski definition) is 3. The van der Waals surface area contributed by atoms with Gasteiger partial charge in [0, 0.05) is 24.8 Å². The molecule has 1 amide bonds. The highest BCUT2D eigenvalue weighted by molar-refractivity contribution is 5.92. The Morgan fingerprint density at radius 3 is 2.94 bits per heavy atom. The summed E-state index contributed by atoms with van der Waals surface area (Å²) in [6.07, 6.45) is 4.28. The smallest absolute Gasteiger partial charge is 0.269 e. The first kappa shape index (κ1) is 12.3. The van der Waals surface area contributed by atoms with Crippen molar-refractivity contribution in [1.82, 2.24) is 25.3 Å². The number of nitrogens with zero attached hydrogens (tertiary/aromatic N) is 3. The molecule has 2 N–H and O–H groups in total. The molecule has 0 aliphatic carbocycles. The Bertz CT molecular complexity index is 515. The molecule has 2 rings (SSSR count). The van der Waals surface area contributed by atoms with Crippen molar-refractivity contribution in [2.45, 2.75) is 33.4 Å². The van der Waals surface area contributed by atoms with Crippen LogP contribution in [-0.2, 0) is 19.5 Å². The number of nitrogens with one attached hydrogen (secondary N) is 2. The topological polar surface area (TPSA) is 75.6 Å². The molecule has 2 heterocycles. The van der Waals surface area contributed by atoms with E-state index in [-0.39, 0.29) is 5.91 Å². The number of aromatic nitrogens is 4. The number of carbonyl (C=O) groups excluding carboxylic acids is 1. The number of H-pyrrole nitrogens is 1. The maximum atomic E-state index is 12.0. The Labute approximate surface area is 105 Å². The van der Waals surface area contributed by atoms with Crippen molar-refractivity contribution in [2.75, 3.05) is 0 Å². The van der Waals surface area contributed by atoms with Crippen molar-refractivity contribution in [3.8, 4) is 0 Å². The van der Waals surface area contributed by atoms with Crippen molar-refractivity contribution in [3.05, 3.63) is 35.4 Å². The lowest BCUT2D eigenvalue weighted by Gasteiger charge is -2.05. The van der Waals surface area contributed by atoms with Crippen LogP contribution in [0.5, 0.6) is 0 Å². The van der Waals surface area contributed by atoms with E-state index in [1.807, 2.05) is 19.9 Å². The van der Waals surface area contributed by atoms with Gasteiger partial charge in [-0.2, -0.15) is 10.2 Å². The molecule has 2 aromatic rings. The van der Waals surface area contributed by atoms with E-state index in [1.165, 1.54) is 0 Å². The summed E-state index contributed by atoms with van der Waals surface area (Å²) in [5.41, 5.74) is 2.49. The summed E-state index contributed by atoms with van der Waals surface area (Å²) in [4.78, 5) is 12.0. The van der Waals surface area contributed by atoms with Gasteiger partial charge < -0.3 is 5.32 Å². The zero-order valence-electron chi connectivity index (χ0n) is 10.6. The van der Waals surface area contributed by atoms with Gasteiger partial charge in [0.05, 0.1) is 11.9 Å². The number of hydrogen-bond donors (Lipinski definition) is 2. The van der Waals surface area contributed by atoms with E-state index < -0.39 is 0 Å². The van der Waals surface area contributed by atoms with Crippen LogP contribution in [0.2, 0.25) is 0 Å². The van der Waals surface area contributed by atoms with Gasteiger partial charge in [-0.25, -0.2) is 0 Å². The number of aryl methyl sites for hydroxylation is 2. The van der Waals surface area contributed by atoms with Gasteiger partial charge in [0.1, 0.15) is 5.69 Å². The molecule has 0 saturated carbocycles. The Balaban J connectivity index is 2.06. The van der Waals surface area contributed by atoms with E-state index in [4.69, 9.17) is 0 Å². The van der Waals surface area contributed by atoms with E-state index in [1.54, 1.807) is 17.1 Å². The molecule has 0 atom stereocenters. The van der Waals surface area contributed by atoms with Crippen molar-refractivity contribution < 1.29 is 4.79 Å². The quantitative estimate of drug-likeness (QED) is 0.831. The highest BCUT2D eigenvalue weighted by Crippen LogP contribution is 2.06. The Morgan fingerprint density at radius 1 is 1.50 bits per heavy atom. The number of rotatable bonds is 5. The predicted octanol–water partition coefficient (Wildman–Crippen LogP) is 1.12. The van der Waals surface area contributed by atoms with Crippen LogP contribution in [0, 0.1) is 0 Å². The summed E-state index contributed by atoms with van der Waals surface area (Å²) in [7, 11) is 0. The number of carbonyl (C=O) groups is 1.